The van der Waals surface area contributed by atoms with E-state index in [1.165, 1.54) is 0 Å². The summed E-state index contributed by atoms with van der Waals surface area (Å²) >= 11 is 11.4. The molecule has 0 saturated carbocycles. The first-order valence-electron chi connectivity index (χ1n) is 5.39. The zero-order valence-electron chi connectivity index (χ0n) is 9.41. The number of hydrogen-bond acceptors (Lipinski definition) is 3. The van der Waals surface area contributed by atoms with E-state index in [0.717, 1.165) is 5.56 Å². The molecule has 1 aliphatic rings. The van der Waals surface area contributed by atoms with E-state index < -0.39 is 11.6 Å². The molecule has 0 radical (unpaired) electrons. The fourth-order valence-electron chi connectivity index (χ4n) is 1.85. The monoisotopic (exact) mass is 292 g/mol. The first-order valence-corrected chi connectivity index (χ1v) is 6.15. The summed E-state index contributed by atoms with van der Waals surface area (Å²) in [6.07, 6.45) is 0. The first-order chi connectivity index (χ1) is 9.09. The molecule has 0 amide bonds. The van der Waals surface area contributed by atoms with E-state index in [-0.39, 0.29) is 21.5 Å². The molecule has 2 aromatic rings. The molecule has 1 heterocycles. The van der Waals surface area contributed by atoms with Gasteiger partial charge in [0, 0.05) is 5.56 Å². The van der Waals surface area contributed by atoms with Crippen molar-refractivity contribution in [1.82, 2.24) is 9.97 Å². The van der Waals surface area contributed by atoms with Crippen LogP contribution in [0.15, 0.2) is 40.4 Å². The van der Waals surface area contributed by atoms with Crippen LogP contribution in [0, 0.1) is 0 Å². The maximum Gasteiger partial charge on any atom is 0.226 e. The number of aromatic nitrogens is 2. The number of fused-ring (bicyclic) bond motifs is 1. The van der Waals surface area contributed by atoms with E-state index in [9.17, 15) is 9.59 Å². The summed E-state index contributed by atoms with van der Waals surface area (Å²) < 4.78 is 0. The third-order valence-electron chi connectivity index (χ3n) is 2.78. The summed E-state index contributed by atoms with van der Waals surface area (Å²) in [5.74, 6) is -0.626. The van der Waals surface area contributed by atoms with Gasteiger partial charge in [0.1, 0.15) is 27.3 Å². The van der Waals surface area contributed by atoms with Gasteiger partial charge in [0.2, 0.25) is 11.6 Å². The average Bonchev–Trinajstić information content (AvgIpc) is 2.89. The molecule has 0 atom stereocenters. The third kappa shape index (κ3) is 1.80. The summed E-state index contributed by atoms with van der Waals surface area (Å²) in [6.45, 7) is 0. The molecule has 0 saturated heterocycles. The lowest BCUT2D eigenvalue weighted by atomic mass is 10.1. The van der Waals surface area contributed by atoms with Gasteiger partial charge in [0.25, 0.3) is 0 Å². The van der Waals surface area contributed by atoms with Crippen LogP contribution < -0.4 is 0 Å². The van der Waals surface area contributed by atoms with Crippen LogP contribution in [0.3, 0.4) is 0 Å². The second-order valence-corrected chi connectivity index (χ2v) is 4.72. The number of hydrogen-bond donors (Lipinski definition) is 1. The number of carbonyl (C=O) groups is 2. The van der Waals surface area contributed by atoms with Crippen LogP contribution in [-0.2, 0) is 0 Å². The molecule has 0 fully saturated rings. The van der Waals surface area contributed by atoms with Crippen LogP contribution in [0.4, 0.5) is 0 Å². The predicted octanol–water partition coefficient (Wildman–Crippen LogP) is 3.14. The van der Waals surface area contributed by atoms with Crippen LogP contribution in [0.25, 0.3) is 11.4 Å². The summed E-state index contributed by atoms with van der Waals surface area (Å²) in [6, 6.07) is 9.15. The number of allylic oxidation sites excluding steroid dienone is 2. The topological polar surface area (TPSA) is 62.8 Å². The molecule has 0 spiro atoms. The molecule has 94 valence electrons. The molecular formula is C13H6Cl2N2O2. The van der Waals surface area contributed by atoms with E-state index in [1.807, 2.05) is 30.3 Å². The van der Waals surface area contributed by atoms with Crippen LogP contribution in [0.1, 0.15) is 21.0 Å². The Bertz CT molecular complexity index is 691. The highest BCUT2D eigenvalue weighted by atomic mass is 35.5. The van der Waals surface area contributed by atoms with Gasteiger partial charge in [-0.2, -0.15) is 0 Å². The Hall–Kier alpha value is -1.91. The van der Waals surface area contributed by atoms with E-state index in [4.69, 9.17) is 23.2 Å². The average molecular weight is 293 g/mol. The van der Waals surface area contributed by atoms with E-state index in [0.29, 0.717) is 5.82 Å². The van der Waals surface area contributed by atoms with Crippen molar-refractivity contribution in [3.8, 4) is 11.4 Å². The number of ketones is 2. The zero-order valence-corrected chi connectivity index (χ0v) is 10.9. The van der Waals surface area contributed by atoms with Crippen molar-refractivity contribution < 1.29 is 9.59 Å². The minimum Gasteiger partial charge on any atom is -0.335 e. The predicted molar refractivity (Wildman–Crippen MR) is 71.4 cm³/mol. The Labute approximate surface area is 118 Å². The van der Waals surface area contributed by atoms with Gasteiger partial charge in [-0.25, -0.2) is 4.98 Å². The smallest absolute Gasteiger partial charge is 0.226 e. The minimum atomic E-state index is -0.542. The minimum absolute atomic E-state index is 0.0123. The number of aromatic amines is 1. The van der Waals surface area contributed by atoms with Crippen LogP contribution in [0.5, 0.6) is 0 Å². The quantitative estimate of drug-likeness (QED) is 0.878. The largest absolute Gasteiger partial charge is 0.335 e. The van der Waals surface area contributed by atoms with Gasteiger partial charge in [0.15, 0.2) is 0 Å². The molecule has 19 heavy (non-hydrogen) atoms. The number of Topliss-reactive ketones (excluding diaryl/α,β-unsaturated/α-hetero) is 2. The van der Waals surface area contributed by atoms with E-state index in [1.54, 1.807) is 0 Å². The van der Waals surface area contributed by atoms with E-state index >= 15 is 0 Å². The van der Waals surface area contributed by atoms with Gasteiger partial charge < -0.3 is 4.98 Å². The molecule has 0 aliphatic heterocycles. The van der Waals surface area contributed by atoms with Crippen LogP contribution in [0.2, 0.25) is 0 Å². The normalized spacial score (nSPS) is 14.8. The summed E-state index contributed by atoms with van der Waals surface area (Å²) in [4.78, 5) is 30.8. The lowest BCUT2D eigenvalue weighted by Crippen LogP contribution is -2.17. The molecule has 1 N–H and O–H groups in total. The van der Waals surface area contributed by atoms with Gasteiger partial charge in [-0.3, -0.25) is 9.59 Å². The van der Waals surface area contributed by atoms with Crippen molar-refractivity contribution in [2.45, 2.75) is 0 Å². The maximum absolute atomic E-state index is 11.9. The Morgan fingerprint density at radius 2 is 1.58 bits per heavy atom. The Kier molecular flexibility index (Phi) is 2.77. The van der Waals surface area contributed by atoms with Crippen molar-refractivity contribution >= 4 is 34.8 Å². The SMILES string of the molecule is O=C1C(Cl)=C(Cl)C(=O)c2[nH]c(-c3ccccc3)nc21. The Balaban J connectivity index is 2.17. The lowest BCUT2D eigenvalue weighted by Gasteiger charge is -2.07. The molecule has 0 unspecified atom stereocenters. The number of carbonyl (C=O) groups excluding carboxylic acids is 2. The maximum atomic E-state index is 11.9. The van der Waals surface area contributed by atoms with Crippen molar-refractivity contribution in [1.29, 1.82) is 0 Å². The number of imidazole rings is 1. The molecule has 1 aliphatic carbocycles. The van der Waals surface area contributed by atoms with Crippen molar-refractivity contribution in [2.75, 3.05) is 0 Å². The summed E-state index contributed by atoms with van der Waals surface area (Å²) in [7, 11) is 0. The molecule has 1 aromatic heterocycles. The lowest BCUT2D eigenvalue weighted by molar-refractivity contribution is 0.0982. The fraction of sp³-hybridized carbons (Fsp3) is 0. The second kappa shape index (κ2) is 4.33. The second-order valence-electron chi connectivity index (χ2n) is 3.96. The number of nitrogens with zero attached hydrogens (tertiary/aromatic N) is 1. The van der Waals surface area contributed by atoms with Gasteiger partial charge >= 0.3 is 0 Å². The van der Waals surface area contributed by atoms with E-state index in [2.05, 4.69) is 9.97 Å². The number of halogens is 2. The first kappa shape index (κ1) is 12.1. The van der Waals surface area contributed by atoms with Crippen molar-refractivity contribution in [3.63, 3.8) is 0 Å². The summed E-state index contributed by atoms with van der Waals surface area (Å²) in [5, 5.41) is -0.562. The Morgan fingerprint density at radius 1 is 0.947 bits per heavy atom. The van der Waals surface area contributed by atoms with Gasteiger partial charge in [-0.15, -0.1) is 0 Å². The van der Waals surface area contributed by atoms with Crippen LogP contribution >= 0.6 is 23.2 Å². The molecule has 3 rings (SSSR count). The van der Waals surface area contributed by atoms with Crippen molar-refractivity contribution in [2.24, 2.45) is 0 Å². The molecule has 1 aromatic carbocycles. The highest BCUT2D eigenvalue weighted by Crippen LogP contribution is 2.31. The fourth-order valence-corrected chi connectivity index (χ4v) is 2.20. The van der Waals surface area contributed by atoms with Gasteiger partial charge in [0.05, 0.1) is 0 Å². The zero-order chi connectivity index (χ0) is 13.6. The molecular weight excluding hydrogens is 287 g/mol. The van der Waals surface area contributed by atoms with Crippen LogP contribution in [-0.4, -0.2) is 21.5 Å². The summed E-state index contributed by atoms with van der Waals surface area (Å²) in [5.41, 5.74) is 0.862. The molecule has 4 nitrogen and oxygen atoms in total. The Morgan fingerprint density at radius 3 is 2.26 bits per heavy atom. The van der Waals surface area contributed by atoms with Crippen molar-refractivity contribution in [3.05, 3.63) is 51.8 Å². The highest BCUT2D eigenvalue weighted by molar-refractivity contribution is 6.59. The van der Waals surface area contributed by atoms with Gasteiger partial charge in [-0.1, -0.05) is 53.5 Å². The highest BCUT2D eigenvalue weighted by Gasteiger charge is 2.34. The number of rotatable bonds is 1. The number of benzene rings is 1. The standard InChI is InChI=1S/C13H6Cl2N2O2/c14-7-8(15)12(19)10-9(11(7)18)16-13(17-10)6-4-2-1-3-5-6/h1-5H,(H,16,17). The van der Waals surface area contributed by atoms with Gasteiger partial charge in [-0.05, 0) is 0 Å². The molecule has 0 bridgehead atoms. The number of H-pyrrole nitrogens is 1. The molecule has 6 heteroatoms. The third-order valence-corrected chi connectivity index (χ3v) is 3.60. The number of nitrogens with one attached hydrogen (secondary N) is 1.